The van der Waals surface area contributed by atoms with E-state index in [1.54, 1.807) is 0 Å². The van der Waals surface area contributed by atoms with Gasteiger partial charge in [0.1, 0.15) is 0 Å². The maximum Gasteiger partial charge on any atom is 0.233 e. The molecular weight excluding hydrogens is 364 g/mol. The first-order chi connectivity index (χ1) is 13.7. The van der Waals surface area contributed by atoms with Gasteiger partial charge in [-0.1, -0.05) is 20.8 Å². The van der Waals surface area contributed by atoms with Crippen LogP contribution in [0.15, 0.2) is 0 Å². The summed E-state index contributed by atoms with van der Waals surface area (Å²) in [5, 5.41) is 21.7. The van der Waals surface area contributed by atoms with Gasteiger partial charge in [0.25, 0.3) is 0 Å². The molecule has 0 aromatic carbocycles. The summed E-state index contributed by atoms with van der Waals surface area (Å²) in [6.07, 6.45) is 9.76. The van der Waals surface area contributed by atoms with E-state index >= 15 is 0 Å². The van der Waals surface area contributed by atoms with Crippen LogP contribution in [0.2, 0.25) is 0 Å². The number of fused-ring (bicyclic) bond motifs is 5. The van der Waals surface area contributed by atoms with Crippen molar-refractivity contribution in [2.45, 2.75) is 97.2 Å². The number of hydrazine groups is 1. The number of aliphatic hydroxyl groups is 2. The van der Waals surface area contributed by atoms with E-state index in [1.807, 2.05) is 0 Å². The van der Waals surface area contributed by atoms with Crippen LogP contribution in [0.4, 0.5) is 0 Å². The van der Waals surface area contributed by atoms with Crippen molar-refractivity contribution in [3.05, 3.63) is 0 Å². The number of amides is 1. The zero-order chi connectivity index (χ0) is 21.0. The van der Waals surface area contributed by atoms with Gasteiger partial charge in [-0.25, -0.2) is 5.84 Å². The van der Waals surface area contributed by atoms with E-state index in [0.29, 0.717) is 41.9 Å². The minimum Gasteiger partial charge on any atom is -0.393 e. The molecule has 0 spiro atoms. The fourth-order valence-electron chi connectivity index (χ4n) is 8.79. The lowest BCUT2D eigenvalue weighted by atomic mass is 9.43. The highest BCUT2D eigenvalue weighted by Gasteiger charge is 2.63. The summed E-state index contributed by atoms with van der Waals surface area (Å²) in [7, 11) is 0. The fraction of sp³-hybridized carbons (Fsp3) is 0.958. The van der Waals surface area contributed by atoms with Crippen LogP contribution in [-0.2, 0) is 4.79 Å². The molecule has 5 nitrogen and oxygen atoms in total. The molecule has 4 rings (SSSR count). The van der Waals surface area contributed by atoms with Crippen molar-refractivity contribution in [2.24, 2.45) is 52.2 Å². The number of carbonyl (C=O) groups is 1. The van der Waals surface area contributed by atoms with Gasteiger partial charge in [0.05, 0.1) is 12.2 Å². The molecule has 10 unspecified atom stereocenters. The van der Waals surface area contributed by atoms with Crippen LogP contribution in [0.1, 0.15) is 85.0 Å². The van der Waals surface area contributed by atoms with Crippen molar-refractivity contribution < 1.29 is 15.0 Å². The molecule has 0 bridgehead atoms. The monoisotopic (exact) mass is 406 g/mol. The molecule has 0 saturated heterocycles. The molecule has 0 aromatic heterocycles. The number of aliphatic hydroxyl groups excluding tert-OH is 2. The zero-order valence-electron chi connectivity index (χ0n) is 18.6. The maximum atomic E-state index is 11.6. The van der Waals surface area contributed by atoms with Gasteiger partial charge >= 0.3 is 0 Å². The Balaban J connectivity index is 1.53. The van der Waals surface area contributed by atoms with Gasteiger partial charge in [-0.05, 0) is 104 Å². The highest BCUT2D eigenvalue weighted by atomic mass is 16.3. The second-order valence-electron chi connectivity index (χ2n) is 11.5. The number of nitrogens with one attached hydrogen (secondary N) is 1. The molecule has 0 aliphatic heterocycles. The van der Waals surface area contributed by atoms with Crippen LogP contribution >= 0.6 is 0 Å². The summed E-state index contributed by atoms with van der Waals surface area (Å²) < 4.78 is 0. The Morgan fingerprint density at radius 3 is 2.59 bits per heavy atom. The largest absolute Gasteiger partial charge is 0.393 e. The minimum atomic E-state index is -0.255. The quantitative estimate of drug-likeness (QED) is 0.327. The van der Waals surface area contributed by atoms with Crippen LogP contribution in [0.5, 0.6) is 0 Å². The molecule has 4 fully saturated rings. The van der Waals surface area contributed by atoms with Crippen molar-refractivity contribution in [3.8, 4) is 0 Å². The molecule has 29 heavy (non-hydrogen) atoms. The molecule has 166 valence electrons. The molecule has 5 N–H and O–H groups in total. The molecule has 10 atom stereocenters. The first-order valence-electron chi connectivity index (χ1n) is 12.1. The average Bonchev–Trinajstić information content (AvgIpc) is 3.06. The lowest BCUT2D eigenvalue weighted by Gasteiger charge is -2.62. The molecule has 4 saturated carbocycles. The van der Waals surface area contributed by atoms with Gasteiger partial charge < -0.3 is 10.2 Å². The molecule has 4 aliphatic carbocycles. The maximum absolute atomic E-state index is 11.6. The first kappa shape index (κ1) is 21.6. The fourth-order valence-corrected chi connectivity index (χ4v) is 8.79. The number of rotatable bonds is 4. The summed E-state index contributed by atoms with van der Waals surface area (Å²) in [6.45, 7) is 7.09. The predicted octanol–water partition coefficient (Wildman–Crippen LogP) is 3.38. The van der Waals surface area contributed by atoms with Gasteiger partial charge in [0.2, 0.25) is 5.91 Å². The molecule has 1 amide bonds. The molecular formula is C24H42N2O3. The van der Waals surface area contributed by atoms with Crippen molar-refractivity contribution in [1.29, 1.82) is 0 Å². The zero-order valence-corrected chi connectivity index (χ0v) is 18.6. The summed E-state index contributed by atoms with van der Waals surface area (Å²) in [5.41, 5.74) is 2.50. The van der Waals surface area contributed by atoms with E-state index in [2.05, 4.69) is 26.2 Å². The standard InChI is InChI=1S/C24H42N2O3/c1-14(4-9-22(29)26-25)18-7-8-19-17-6-5-15-12-16(27)10-11-23(15,2)20(17)13-21(28)24(18,19)3/h14-21,27-28H,4-13,25H2,1-3H3,(H,26,29). The van der Waals surface area contributed by atoms with Crippen LogP contribution in [0.3, 0.4) is 0 Å². The Bertz CT molecular complexity index is 627. The van der Waals surface area contributed by atoms with Gasteiger partial charge in [-0.15, -0.1) is 0 Å². The van der Waals surface area contributed by atoms with Gasteiger partial charge in [0, 0.05) is 6.42 Å². The Kier molecular flexibility index (Phi) is 5.80. The lowest BCUT2D eigenvalue weighted by Crippen LogP contribution is -2.58. The number of carbonyl (C=O) groups excluding carboxylic acids is 1. The first-order valence-corrected chi connectivity index (χ1v) is 12.1. The number of nitrogens with two attached hydrogens (primary N) is 1. The average molecular weight is 407 g/mol. The third kappa shape index (κ3) is 3.36. The smallest absolute Gasteiger partial charge is 0.233 e. The summed E-state index contributed by atoms with van der Waals surface area (Å²) >= 11 is 0. The van der Waals surface area contributed by atoms with Crippen molar-refractivity contribution in [2.75, 3.05) is 0 Å². The molecule has 0 radical (unpaired) electrons. The Hall–Kier alpha value is -0.650. The van der Waals surface area contributed by atoms with Gasteiger partial charge in [-0.2, -0.15) is 0 Å². The topological polar surface area (TPSA) is 95.6 Å². The number of hydrogen-bond donors (Lipinski definition) is 4. The highest BCUT2D eigenvalue weighted by Crippen LogP contribution is 2.68. The Morgan fingerprint density at radius 1 is 1.10 bits per heavy atom. The lowest BCUT2D eigenvalue weighted by molar-refractivity contribution is -0.174. The summed E-state index contributed by atoms with van der Waals surface area (Å²) in [6, 6.07) is 0. The van der Waals surface area contributed by atoms with E-state index in [1.165, 1.54) is 25.7 Å². The molecule has 5 heteroatoms. The second kappa shape index (κ2) is 7.80. The summed E-state index contributed by atoms with van der Waals surface area (Å²) in [4.78, 5) is 11.6. The van der Waals surface area contributed by atoms with Gasteiger partial charge in [-0.3, -0.25) is 10.2 Å². The molecule has 4 aliphatic rings. The second-order valence-corrected chi connectivity index (χ2v) is 11.5. The highest BCUT2D eigenvalue weighted by molar-refractivity contribution is 5.75. The van der Waals surface area contributed by atoms with Crippen molar-refractivity contribution in [3.63, 3.8) is 0 Å². The Labute approximate surface area is 176 Å². The normalized spacial score (nSPS) is 50.2. The van der Waals surface area contributed by atoms with E-state index in [-0.39, 0.29) is 28.9 Å². The van der Waals surface area contributed by atoms with E-state index in [9.17, 15) is 15.0 Å². The third-order valence-electron chi connectivity index (χ3n) is 10.5. The van der Waals surface area contributed by atoms with Crippen LogP contribution in [-0.4, -0.2) is 28.3 Å². The SMILES string of the molecule is CC(CCC(=O)NN)C1CCC2C3CCC4CC(O)CCC4(C)C3CC(O)C12C. The Morgan fingerprint density at radius 2 is 1.86 bits per heavy atom. The summed E-state index contributed by atoms with van der Waals surface area (Å²) in [5.74, 6) is 8.59. The molecule has 0 aromatic rings. The van der Waals surface area contributed by atoms with Crippen LogP contribution in [0.25, 0.3) is 0 Å². The van der Waals surface area contributed by atoms with E-state index < -0.39 is 0 Å². The molecule has 0 heterocycles. The third-order valence-corrected chi connectivity index (χ3v) is 10.5. The predicted molar refractivity (Wildman–Crippen MR) is 113 cm³/mol. The van der Waals surface area contributed by atoms with Crippen LogP contribution in [0, 0.1) is 46.3 Å². The van der Waals surface area contributed by atoms with Crippen molar-refractivity contribution in [1.82, 2.24) is 5.43 Å². The van der Waals surface area contributed by atoms with E-state index in [4.69, 9.17) is 5.84 Å². The number of hydrogen-bond acceptors (Lipinski definition) is 4. The minimum absolute atomic E-state index is 0.0306. The van der Waals surface area contributed by atoms with Gasteiger partial charge in [0.15, 0.2) is 0 Å². The van der Waals surface area contributed by atoms with E-state index in [0.717, 1.165) is 32.1 Å². The van der Waals surface area contributed by atoms with Crippen LogP contribution < -0.4 is 11.3 Å². The van der Waals surface area contributed by atoms with Crippen molar-refractivity contribution >= 4 is 5.91 Å².